The van der Waals surface area contributed by atoms with Crippen LogP contribution in [0.3, 0.4) is 0 Å². The van der Waals surface area contributed by atoms with E-state index in [1.165, 1.54) is 0 Å². The minimum Gasteiger partial charge on any atom is -0.307 e. The Balaban J connectivity index is 1.24. The first kappa shape index (κ1) is 44.3. The van der Waals surface area contributed by atoms with Crippen LogP contribution in [0.5, 0.6) is 0 Å². The molecule has 0 atom stereocenters. The lowest BCUT2D eigenvalue weighted by Crippen LogP contribution is -2.07. The van der Waals surface area contributed by atoms with Crippen LogP contribution in [0.1, 0.15) is 39.2 Å². The molecule has 12 rings (SSSR count). The molecule has 0 unspecified atom stereocenters. The van der Waals surface area contributed by atoms with Crippen molar-refractivity contribution in [2.24, 2.45) is 0 Å². The second kappa shape index (κ2) is 17.8. The predicted molar refractivity (Wildman–Crippen MR) is 291 cm³/mol. The van der Waals surface area contributed by atoms with Gasteiger partial charge in [-0.15, -0.1) is 0 Å². The molecule has 0 spiro atoms. The van der Waals surface area contributed by atoms with Crippen molar-refractivity contribution in [3.8, 4) is 97.6 Å². The standard InChI is InChI=1S/C65H37N9/c1-39-27-40(2)72-65(71-39)58-33-64(74-61-30-51(47-15-7-43(36-68)8-16-47)21-25-56(61)57-26-22-52(31-62(57)74)48-17-9-44(37-69)10-18-48)63(32-53(58)38-70)73-59-28-49(45-11-3-41(34-66)4-12-45)19-23-54(59)55-24-20-50(29-60(55)73)46-13-5-42(35-67)6-14-46/h3-33H,1-2H3. The molecule has 0 fully saturated rings. The van der Waals surface area contributed by atoms with Crippen LogP contribution in [0, 0.1) is 70.5 Å². The van der Waals surface area contributed by atoms with Gasteiger partial charge in [0, 0.05) is 38.5 Å². The number of fused-ring (bicyclic) bond motifs is 6. The fraction of sp³-hybridized carbons (Fsp3) is 0.0308. The van der Waals surface area contributed by atoms with Crippen LogP contribution in [0.15, 0.2) is 188 Å². The number of hydrogen-bond donors (Lipinski definition) is 0. The van der Waals surface area contributed by atoms with E-state index in [-0.39, 0.29) is 0 Å². The van der Waals surface area contributed by atoms with Crippen LogP contribution in [-0.2, 0) is 0 Å². The Labute approximate surface area is 425 Å². The van der Waals surface area contributed by atoms with Gasteiger partial charge in [-0.2, -0.15) is 26.3 Å². The largest absolute Gasteiger partial charge is 0.307 e. The quantitative estimate of drug-likeness (QED) is 0.154. The second-order valence-electron chi connectivity index (χ2n) is 18.3. The average molecular weight is 944 g/mol. The molecule has 0 aliphatic rings. The highest BCUT2D eigenvalue weighted by molar-refractivity contribution is 6.14. The summed E-state index contributed by atoms with van der Waals surface area (Å²) >= 11 is 0. The maximum absolute atomic E-state index is 11.3. The lowest BCUT2D eigenvalue weighted by atomic mass is 10.0. The van der Waals surface area contributed by atoms with E-state index >= 15 is 0 Å². The van der Waals surface area contributed by atoms with Gasteiger partial charge < -0.3 is 9.13 Å². The summed E-state index contributed by atoms with van der Waals surface area (Å²) in [6.07, 6.45) is 0. The number of hydrogen-bond acceptors (Lipinski definition) is 7. The highest BCUT2D eigenvalue weighted by atomic mass is 15.1. The minimum atomic E-state index is 0.382. The minimum absolute atomic E-state index is 0.382. The molecular formula is C65H37N9. The van der Waals surface area contributed by atoms with Crippen molar-refractivity contribution < 1.29 is 0 Å². The molecular weight excluding hydrogens is 907 g/mol. The van der Waals surface area contributed by atoms with Gasteiger partial charge in [0.25, 0.3) is 0 Å². The van der Waals surface area contributed by atoms with Crippen molar-refractivity contribution >= 4 is 43.6 Å². The summed E-state index contributed by atoms with van der Waals surface area (Å²) in [5, 5.41) is 54.0. The lowest BCUT2D eigenvalue weighted by Gasteiger charge is -2.20. The first-order valence-corrected chi connectivity index (χ1v) is 23.8. The van der Waals surface area contributed by atoms with E-state index in [0.29, 0.717) is 39.2 Å². The molecule has 3 aromatic heterocycles. The van der Waals surface area contributed by atoms with Gasteiger partial charge in [-0.05, 0) is 149 Å². The number of aromatic nitrogens is 4. The van der Waals surface area contributed by atoms with Crippen molar-refractivity contribution in [1.82, 2.24) is 19.1 Å². The van der Waals surface area contributed by atoms with E-state index in [1.54, 1.807) is 0 Å². The summed E-state index contributed by atoms with van der Waals surface area (Å²) in [4.78, 5) is 9.88. The SMILES string of the molecule is Cc1cc(C)nc(-c2cc(-n3c4cc(-c5ccc(C#N)cc5)ccc4c4ccc(-c5ccc(C#N)cc5)cc43)c(-n3c4cc(-c5ccc(C#N)cc5)ccc4c4ccc(-c5ccc(C#N)cc5)cc43)cc2C#N)n1. The highest BCUT2D eigenvalue weighted by Gasteiger charge is 2.25. The van der Waals surface area contributed by atoms with E-state index in [9.17, 15) is 26.3 Å². The third kappa shape index (κ3) is 7.54. The Morgan fingerprint density at radius 3 is 0.878 bits per heavy atom. The summed E-state index contributed by atoms with van der Waals surface area (Å²) in [5.74, 6) is 0.428. The monoisotopic (exact) mass is 943 g/mol. The Kier molecular flexibility index (Phi) is 10.7. The van der Waals surface area contributed by atoms with Crippen LogP contribution >= 0.6 is 0 Å². The fourth-order valence-electron chi connectivity index (χ4n) is 10.3. The predicted octanol–water partition coefficient (Wildman–Crippen LogP) is 15.0. The smallest absolute Gasteiger partial charge is 0.161 e. The second-order valence-corrected chi connectivity index (χ2v) is 18.3. The molecule has 9 aromatic carbocycles. The lowest BCUT2D eigenvalue weighted by molar-refractivity contribution is 1.05. The third-order valence-corrected chi connectivity index (χ3v) is 13.9. The molecule has 0 bridgehead atoms. The topological polar surface area (TPSA) is 155 Å². The molecule has 0 amide bonds. The van der Waals surface area contributed by atoms with Crippen LogP contribution in [0.2, 0.25) is 0 Å². The van der Waals surface area contributed by atoms with Crippen LogP contribution in [-0.4, -0.2) is 19.1 Å². The molecule has 74 heavy (non-hydrogen) atoms. The van der Waals surface area contributed by atoms with E-state index in [4.69, 9.17) is 9.97 Å². The van der Waals surface area contributed by atoms with Gasteiger partial charge >= 0.3 is 0 Å². The van der Waals surface area contributed by atoms with Crippen molar-refractivity contribution in [1.29, 1.82) is 26.3 Å². The number of nitriles is 5. The van der Waals surface area contributed by atoms with Gasteiger partial charge in [0.05, 0.1) is 91.6 Å². The Morgan fingerprint density at radius 2 is 0.595 bits per heavy atom. The summed E-state index contributed by atoms with van der Waals surface area (Å²) in [5.41, 5.74) is 17.3. The van der Waals surface area contributed by atoms with Crippen LogP contribution < -0.4 is 0 Å². The van der Waals surface area contributed by atoms with E-state index in [1.807, 2.05) is 123 Å². The fourth-order valence-corrected chi connectivity index (χ4v) is 10.3. The zero-order valence-corrected chi connectivity index (χ0v) is 39.9. The molecule has 9 nitrogen and oxygen atoms in total. The van der Waals surface area contributed by atoms with Crippen molar-refractivity contribution in [2.75, 3.05) is 0 Å². The maximum atomic E-state index is 11.3. The Morgan fingerprint density at radius 1 is 0.311 bits per heavy atom. The van der Waals surface area contributed by atoms with Crippen molar-refractivity contribution in [3.05, 3.63) is 227 Å². The summed E-state index contributed by atoms with van der Waals surface area (Å²) in [6.45, 7) is 3.85. The normalized spacial score (nSPS) is 11.0. The van der Waals surface area contributed by atoms with Gasteiger partial charge in [-0.3, -0.25) is 0 Å². The van der Waals surface area contributed by atoms with Crippen molar-refractivity contribution in [2.45, 2.75) is 13.8 Å². The zero-order valence-electron chi connectivity index (χ0n) is 39.9. The first-order valence-electron chi connectivity index (χ1n) is 23.8. The van der Waals surface area contributed by atoms with Crippen LogP contribution in [0.25, 0.3) is 111 Å². The third-order valence-electron chi connectivity index (χ3n) is 13.9. The van der Waals surface area contributed by atoms with Gasteiger partial charge in [0.1, 0.15) is 0 Å². The zero-order chi connectivity index (χ0) is 50.6. The number of benzene rings is 9. The van der Waals surface area contributed by atoms with Gasteiger partial charge in [0.2, 0.25) is 0 Å². The molecule has 0 saturated heterocycles. The average Bonchev–Trinajstić information content (AvgIpc) is 3.95. The van der Waals surface area contributed by atoms with E-state index in [2.05, 4.69) is 118 Å². The first-order chi connectivity index (χ1) is 36.2. The van der Waals surface area contributed by atoms with Gasteiger partial charge in [-0.1, -0.05) is 97.1 Å². The van der Waals surface area contributed by atoms with Crippen LogP contribution in [0.4, 0.5) is 0 Å². The van der Waals surface area contributed by atoms with E-state index < -0.39 is 0 Å². The highest BCUT2D eigenvalue weighted by Crippen LogP contribution is 2.44. The molecule has 0 aliphatic heterocycles. The number of nitrogens with zero attached hydrogens (tertiary/aromatic N) is 9. The molecule has 12 aromatic rings. The molecule has 0 radical (unpaired) electrons. The Hall–Kier alpha value is -10.9. The molecule has 0 saturated carbocycles. The summed E-state index contributed by atoms with van der Waals surface area (Å²) in [7, 11) is 0. The molecule has 3 heterocycles. The molecule has 342 valence electrons. The summed E-state index contributed by atoms with van der Waals surface area (Å²) in [6, 6.07) is 73.5. The molecule has 0 aliphatic carbocycles. The number of rotatable bonds is 7. The molecule has 9 heteroatoms. The van der Waals surface area contributed by atoms with E-state index in [0.717, 1.165) is 111 Å². The number of aryl methyl sites for hydroxylation is 2. The summed E-state index contributed by atoms with van der Waals surface area (Å²) < 4.78 is 4.53. The molecule has 0 N–H and O–H groups in total. The Bertz CT molecular complexity index is 4270. The van der Waals surface area contributed by atoms with Gasteiger partial charge in [-0.25, -0.2) is 9.97 Å². The van der Waals surface area contributed by atoms with Crippen molar-refractivity contribution in [3.63, 3.8) is 0 Å². The van der Waals surface area contributed by atoms with Gasteiger partial charge in [0.15, 0.2) is 5.82 Å². The maximum Gasteiger partial charge on any atom is 0.161 e.